The third-order valence-electron chi connectivity index (χ3n) is 3.94. The van der Waals surface area contributed by atoms with Crippen LogP contribution < -0.4 is 0 Å². The molecule has 1 aromatic heterocycles. The van der Waals surface area contributed by atoms with Gasteiger partial charge in [0.15, 0.2) is 5.69 Å². The van der Waals surface area contributed by atoms with Crippen LogP contribution in [0.2, 0.25) is 0 Å². The van der Waals surface area contributed by atoms with E-state index in [0.717, 1.165) is 0 Å². The van der Waals surface area contributed by atoms with Crippen molar-refractivity contribution in [2.45, 2.75) is 12.8 Å². The normalized spacial score (nSPS) is 18.0. The fourth-order valence-electron chi connectivity index (χ4n) is 2.73. The van der Waals surface area contributed by atoms with Gasteiger partial charge in [-0.3, -0.25) is 9.59 Å². The SMILES string of the molecule is O=C(O)C1CCCN(C(=O)c2ccn(-c3cccc(F)c3)n2)C1. The van der Waals surface area contributed by atoms with E-state index in [-0.39, 0.29) is 24.0 Å². The first-order valence-electron chi connectivity index (χ1n) is 7.38. The number of halogens is 1. The number of benzene rings is 1. The molecule has 0 saturated carbocycles. The predicted octanol–water partition coefficient (Wildman–Crippen LogP) is 1.95. The van der Waals surface area contributed by atoms with E-state index in [1.165, 1.54) is 21.7 Å². The number of hydrogen-bond acceptors (Lipinski definition) is 3. The van der Waals surface area contributed by atoms with Crippen molar-refractivity contribution in [1.29, 1.82) is 0 Å². The van der Waals surface area contributed by atoms with E-state index in [0.29, 0.717) is 25.1 Å². The number of nitrogens with zero attached hydrogens (tertiary/aromatic N) is 3. The van der Waals surface area contributed by atoms with Gasteiger partial charge < -0.3 is 10.0 Å². The number of hydrogen-bond donors (Lipinski definition) is 1. The Kier molecular flexibility index (Phi) is 4.10. The van der Waals surface area contributed by atoms with Gasteiger partial charge in [0.1, 0.15) is 5.82 Å². The van der Waals surface area contributed by atoms with Gasteiger partial charge in [0, 0.05) is 19.3 Å². The zero-order valence-electron chi connectivity index (χ0n) is 12.4. The average Bonchev–Trinajstić information content (AvgIpc) is 3.04. The molecule has 6 nitrogen and oxygen atoms in total. The Hall–Kier alpha value is -2.70. The van der Waals surface area contributed by atoms with E-state index in [1.54, 1.807) is 24.4 Å². The number of amides is 1. The molecule has 1 fully saturated rings. The molecule has 1 amide bonds. The molecule has 2 heterocycles. The van der Waals surface area contributed by atoms with Crippen molar-refractivity contribution in [3.8, 4) is 5.69 Å². The third-order valence-corrected chi connectivity index (χ3v) is 3.94. The number of rotatable bonds is 3. The summed E-state index contributed by atoms with van der Waals surface area (Å²) in [5.41, 5.74) is 0.742. The zero-order valence-corrected chi connectivity index (χ0v) is 12.4. The Bertz CT molecular complexity index is 744. The molecule has 7 heteroatoms. The maximum absolute atomic E-state index is 13.3. The minimum Gasteiger partial charge on any atom is -0.481 e. The van der Waals surface area contributed by atoms with Crippen LogP contribution in [0, 0.1) is 11.7 Å². The average molecular weight is 317 g/mol. The molecule has 1 N–H and O–H groups in total. The van der Waals surface area contributed by atoms with Crippen molar-refractivity contribution in [3.63, 3.8) is 0 Å². The highest BCUT2D eigenvalue weighted by Crippen LogP contribution is 2.19. The number of likely N-dealkylation sites (tertiary alicyclic amines) is 1. The number of aromatic nitrogens is 2. The van der Waals surface area contributed by atoms with Crippen LogP contribution in [0.3, 0.4) is 0 Å². The summed E-state index contributed by atoms with van der Waals surface area (Å²) in [4.78, 5) is 25.1. The van der Waals surface area contributed by atoms with Crippen LogP contribution in [0.25, 0.3) is 5.69 Å². The minimum atomic E-state index is -0.882. The van der Waals surface area contributed by atoms with Gasteiger partial charge in [-0.15, -0.1) is 0 Å². The first kappa shape index (κ1) is 15.2. The summed E-state index contributed by atoms with van der Waals surface area (Å²) in [6.07, 6.45) is 2.82. The number of aliphatic carboxylic acids is 1. The highest BCUT2D eigenvalue weighted by atomic mass is 19.1. The molecular formula is C16H16FN3O3. The Labute approximate surface area is 132 Å². The van der Waals surface area contributed by atoms with Crippen LogP contribution in [-0.4, -0.2) is 44.8 Å². The van der Waals surface area contributed by atoms with Crippen molar-refractivity contribution in [2.24, 2.45) is 5.92 Å². The molecule has 1 aromatic carbocycles. The smallest absolute Gasteiger partial charge is 0.308 e. The molecule has 0 aliphatic carbocycles. The molecule has 120 valence electrons. The largest absolute Gasteiger partial charge is 0.481 e. The van der Waals surface area contributed by atoms with Crippen LogP contribution in [0.1, 0.15) is 23.3 Å². The van der Waals surface area contributed by atoms with Crippen molar-refractivity contribution < 1.29 is 19.1 Å². The van der Waals surface area contributed by atoms with Crippen LogP contribution >= 0.6 is 0 Å². The number of carbonyl (C=O) groups is 2. The molecule has 3 rings (SSSR count). The second kappa shape index (κ2) is 6.20. The predicted molar refractivity (Wildman–Crippen MR) is 79.8 cm³/mol. The van der Waals surface area contributed by atoms with Crippen molar-refractivity contribution in [2.75, 3.05) is 13.1 Å². The van der Waals surface area contributed by atoms with Crippen LogP contribution in [0.5, 0.6) is 0 Å². The molecule has 1 aliphatic heterocycles. The summed E-state index contributed by atoms with van der Waals surface area (Å²) < 4.78 is 14.7. The molecule has 23 heavy (non-hydrogen) atoms. The molecule has 0 bridgehead atoms. The van der Waals surface area contributed by atoms with Gasteiger partial charge in [-0.2, -0.15) is 5.10 Å². The van der Waals surface area contributed by atoms with E-state index in [4.69, 9.17) is 5.11 Å². The summed E-state index contributed by atoms with van der Waals surface area (Å²) in [6, 6.07) is 7.46. The second-order valence-electron chi connectivity index (χ2n) is 5.55. The lowest BCUT2D eigenvalue weighted by Gasteiger charge is -2.30. The Balaban J connectivity index is 1.77. The Morgan fingerprint density at radius 3 is 2.87 bits per heavy atom. The van der Waals surface area contributed by atoms with E-state index in [1.807, 2.05) is 0 Å². The van der Waals surface area contributed by atoms with Crippen LogP contribution in [0.4, 0.5) is 4.39 Å². The van der Waals surface area contributed by atoms with Gasteiger partial charge in [0.25, 0.3) is 5.91 Å². The summed E-state index contributed by atoms with van der Waals surface area (Å²) in [5, 5.41) is 13.3. The van der Waals surface area contributed by atoms with Crippen LogP contribution in [-0.2, 0) is 4.79 Å². The molecule has 0 spiro atoms. The maximum atomic E-state index is 13.3. The highest BCUT2D eigenvalue weighted by molar-refractivity contribution is 5.92. The van der Waals surface area contributed by atoms with Gasteiger partial charge in [-0.05, 0) is 37.1 Å². The van der Waals surface area contributed by atoms with E-state index >= 15 is 0 Å². The first-order valence-corrected chi connectivity index (χ1v) is 7.38. The van der Waals surface area contributed by atoms with Crippen LogP contribution in [0.15, 0.2) is 36.5 Å². The van der Waals surface area contributed by atoms with Gasteiger partial charge in [-0.1, -0.05) is 6.07 Å². The fourth-order valence-corrected chi connectivity index (χ4v) is 2.73. The number of carboxylic acid groups (broad SMARTS) is 1. The lowest BCUT2D eigenvalue weighted by Crippen LogP contribution is -2.42. The topological polar surface area (TPSA) is 75.4 Å². The fraction of sp³-hybridized carbons (Fsp3) is 0.312. The first-order chi connectivity index (χ1) is 11.0. The van der Waals surface area contributed by atoms with Gasteiger partial charge in [0.05, 0.1) is 11.6 Å². The van der Waals surface area contributed by atoms with E-state index in [9.17, 15) is 14.0 Å². The monoisotopic (exact) mass is 317 g/mol. The molecule has 1 aliphatic rings. The molecule has 1 atom stereocenters. The molecule has 1 unspecified atom stereocenters. The summed E-state index contributed by atoms with van der Waals surface area (Å²) in [6.45, 7) is 0.719. The summed E-state index contributed by atoms with van der Waals surface area (Å²) in [7, 11) is 0. The van der Waals surface area contributed by atoms with Crippen molar-refractivity contribution >= 4 is 11.9 Å². The number of carboxylic acids is 1. The standard InChI is InChI=1S/C16H16FN3O3/c17-12-4-1-5-13(9-12)20-8-6-14(18-20)15(21)19-7-2-3-11(10-19)16(22)23/h1,4-6,8-9,11H,2-3,7,10H2,(H,22,23). The lowest BCUT2D eigenvalue weighted by atomic mass is 9.98. The van der Waals surface area contributed by atoms with E-state index < -0.39 is 11.9 Å². The van der Waals surface area contributed by atoms with Gasteiger partial charge in [-0.25, -0.2) is 9.07 Å². The van der Waals surface area contributed by atoms with Gasteiger partial charge in [0.2, 0.25) is 0 Å². The Morgan fingerprint density at radius 1 is 1.30 bits per heavy atom. The van der Waals surface area contributed by atoms with Gasteiger partial charge >= 0.3 is 5.97 Å². The Morgan fingerprint density at radius 2 is 2.13 bits per heavy atom. The summed E-state index contributed by atoms with van der Waals surface area (Å²) >= 11 is 0. The van der Waals surface area contributed by atoms with E-state index in [2.05, 4.69) is 5.10 Å². The molecule has 2 aromatic rings. The minimum absolute atomic E-state index is 0.195. The molecule has 0 radical (unpaired) electrons. The number of piperidine rings is 1. The van der Waals surface area contributed by atoms with Crippen molar-refractivity contribution in [3.05, 3.63) is 48.0 Å². The second-order valence-corrected chi connectivity index (χ2v) is 5.55. The summed E-state index contributed by atoms with van der Waals surface area (Å²) in [5.74, 6) is -2.09. The van der Waals surface area contributed by atoms with Crippen molar-refractivity contribution in [1.82, 2.24) is 14.7 Å². The number of carbonyl (C=O) groups excluding carboxylic acids is 1. The zero-order chi connectivity index (χ0) is 16.4. The molecule has 1 saturated heterocycles. The quantitative estimate of drug-likeness (QED) is 0.939. The molecular weight excluding hydrogens is 301 g/mol. The lowest BCUT2D eigenvalue weighted by molar-refractivity contribution is -0.143. The maximum Gasteiger partial charge on any atom is 0.308 e. The third kappa shape index (κ3) is 3.23. The highest BCUT2D eigenvalue weighted by Gasteiger charge is 2.29.